The van der Waals surface area contributed by atoms with Gasteiger partial charge in [0, 0.05) is 12.4 Å². The Morgan fingerprint density at radius 3 is 2.74 bits per heavy atom. The molecule has 7 heteroatoms. The molecule has 0 fully saturated rings. The Hall–Kier alpha value is -2.05. The lowest BCUT2D eigenvalue weighted by Crippen LogP contribution is -2.51. The fraction of sp³-hybridized carbons (Fsp3) is 0.583. The zero-order chi connectivity index (χ0) is 14.2. The van der Waals surface area contributed by atoms with Crippen molar-refractivity contribution in [1.29, 1.82) is 0 Å². The summed E-state index contributed by atoms with van der Waals surface area (Å²) in [6.07, 6.45) is 2.67. The van der Waals surface area contributed by atoms with Gasteiger partial charge < -0.3 is 14.4 Å². The third-order valence-corrected chi connectivity index (χ3v) is 2.77. The second-order valence-corrected chi connectivity index (χ2v) is 5.46. The number of aliphatic carboxylic acids is 1. The maximum Gasteiger partial charge on any atom is 0.411 e. The van der Waals surface area contributed by atoms with Crippen LogP contribution in [-0.4, -0.2) is 43.3 Å². The van der Waals surface area contributed by atoms with Crippen molar-refractivity contribution in [3.05, 3.63) is 18.2 Å². The van der Waals surface area contributed by atoms with Gasteiger partial charge in [0.05, 0.1) is 13.1 Å². The van der Waals surface area contributed by atoms with E-state index in [1.165, 1.54) is 4.90 Å². The summed E-state index contributed by atoms with van der Waals surface area (Å²) in [6, 6.07) is -0.934. The van der Waals surface area contributed by atoms with Crippen LogP contribution in [-0.2, 0) is 22.6 Å². The predicted molar refractivity (Wildman–Crippen MR) is 65.4 cm³/mol. The molecule has 1 unspecified atom stereocenters. The Labute approximate surface area is 110 Å². The molecule has 19 heavy (non-hydrogen) atoms. The van der Waals surface area contributed by atoms with Gasteiger partial charge in [0.25, 0.3) is 0 Å². The first kappa shape index (κ1) is 13.4. The van der Waals surface area contributed by atoms with E-state index >= 15 is 0 Å². The highest BCUT2D eigenvalue weighted by Crippen LogP contribution is 2.20. The number of carboxylic acid groups (broad SMARTS) is 1. The SMILES string of the molecule is CC(C)(C)OC(=O)N1Cc2nccn2CC1C(=O)O. The maximum atomic E-state index is 12.1. The number of carbonyl (C=O) groups is 2. The van der Waals surface area contributed by atoms with Crippen LogP contribution in [0.2, 0.25) is 0 Å². The van der Waals surface area contributed by atoms with Crippen molar-refractivity contribution < 1.29 is 19.4 Å². The Bertz CT molecular complexity index is 503. The molecule has 2 rings (SSSR count). The van der Waals surface area contributed by atoms with E-state index in [2.05, 4.69) is 4.98 Å². The molecule has 1 aromatic rings. The first-order chi connectivity index (χ1) is 8.78. The van der Waals surface area contributed by atoms with Crippen LogP contribution in [0.4, 0.5) is 4.79 Å². The fourth-order valence-corrected chi connectivity index (χ4v) is 1.93. The van der Waals surface area contributed by atoms with E-state index in [0.29, 0.717) is 5.82 Å². The zero-order valence-electron chi connectivity index (χ0n) is 11.2. The summed E-state index contributed by atoms with van der Waals surface area (Å²) in [7, 11) is 0. The van der Waals surface area contributed by atoms with Crippen molar-refractivity contribution >= 4 is 12.1 Å². The number of fused-ring (bicyclic) bond motifs is 1. The minimum atomic E-state index is -1.05. The van der Waals surface area contributed by atoms with Crippen molar-refractivity contribution in [2.45, 2.75) is 45.5 Å². The monoisotopic (exact) mass is 267 g/mol. The van der Waals surface area contributed by atoms with Gasteiger partial charge in [-0.2, -0.15) is 0 Å². The van der Waals surface area contributed by atoms with Crippen LogP contribution in [0.5, 0.6) is 0 Å². The Balaban J connectivity index is 2.22. The fourth-order valence-electron chi connectivity index (χ4n) is 1.93. The van der Waals surface area contributed by atoms with Crippen LogP contribution in [0.15, 0.2) is 12.4 Å². The molecule has 1 aliphatic heterocycles. The first-order valence-electron chi connectivity index (χ1n) is 6.00. The molecule has 1 N–H and O–H groups in total. The lowest BCUT2D eigenvalue weighted by Gasteiger charge is -2.34. The minimum absolute atomic E-state index is 0.138. The summed E-state index contributed by atoms with van der Waals surface area (Å²) >= 11 is 0. The van der Waals surface area contributed by atoms with Crippen molar-refractivity contribution in [2.24, 2.45) is 0 Å². The second-order valence-electron chi connectivity index (χ2n) is 5.46. The molecule has 0 saturated heterocycles. The lowest BCUT2D eigenvalue weighted by molar-refractivity contribution is -0.144. The molecule has 1 atom stereocenters. The van der Waals surface area contributed by atoms with Crippen molar-refractivity contribution in [2.75, 3.05) is 0 Å². The molecule has 0 aromatic carbocycles. The smallest absolute Gasteiger partial charge is 0.411 e. The van der Waals surface area contributed by atoms with Crippen LogP contribution >= 0.6 is 0 Å². The summed E-state index contributed by atoms with van der Waals surface area (Å²) in [5, 5.41) is 9.24. The topological polar surface area (TPSA) is 84.7 Å². The van der Waals surface area contributed by atoms with E-state index in [1.54, 1.807) is 37.7 Å². The van der Waals surface area contributed by atoms with Gasteiger partial charge >= 0.3 is 12.1 Å². The number of carbonyl (C=O) groups excluding carboxylic acids is 1. The Morgan fingerprint density at radius 2 is 2.16 bits per heavy atom. The second kappa shape index (κ2) is 4.56. The molecule has 104 valence electrons. The average Bonchev–Trinajstić information content (AvgIpc) is 2.71. The van der Waals surface area contributed by atoms with Gasteiger partial charge in [0.2, 0.25) is 0 Å². The van der Waals surface area contributed by atoms with Gasteiger partial charge in [-0.3, -0.25) is 4.90 Å². The predicted octanol–water partition coefficient (Wildman–Crippen LogP) is 1.09. The Morgan fingerprint density at radius 1 is 1.47 bits per heavy atom. The number of aromatic nitrogens is 2. The summed E-state index contributed by atoms with van der Waals surface area (Å²) in [6.45, 7) is 5.55. The number of imidazole rings is 1. The summed E-state index contributed by atoms with van der Waals surface area (Å²) in [5.74, 6) is -0.395. The average molecular weight is 267 g/mol. The molecule has 1 amide bonds. The third-order valence-electron chi connectivity index (χ3n) is 2.77. The molecule has 0 saturated carbocycles. The number of carboxylic acids is 1. The van der Waals surface area contributed by atoms with E-state index in [4.69, 9.17) is 4.74 Å². The number of hydrogen-bond donors (Lipinski definition) is 1. The van der Waals surface area contributed by atoms with Gasteiger partial charge in [-0.1, -0.05) is 0 Å². The molecule has 1 aromatic heterocycles. The molecule has 0 bridgehead atoms. The summed E-state index contributed by atoms with van der Waals surface area (Å²) in [4.78, 5) is 28.7. The van der Waals surface area contributed by atoms with E-state index < -0.39 is 23.7 Å². The number of hydrogen-bond acceptors (Lipinski definition) is 4. The number of rotatable bonds is 1. The highest BCUT2D eigenvalue weighted by atomic mass is 16.6. The van der Waals surface area contributed by atoms with Gasteiger partial charge in [-0.05, 0) is 20.8 Å². The standard InChI is InChI=1S/C12H17N3O4/c1-12(2,3)19-11(18)15-7-9-13-4-5-14(9)6-8(15)10(16)17/h4-5,8H,6-7H2,1-3H3,(H,16,17). The van der Waals surface area contributed by atoms with Gasteiger partial charge in [0.15, 0.2) is 6.04 Å². The van der Waals surface area contributed by atoms with E-state index in [1.807, 2.05) is 0 Å². The van der Waals surface area contributed by atoms with Gasteiger partial charge in [-0.15, -0.1) is 0 Å². The summed E-state index contributed by atoms with van der Waals surface area (Å²) < 4.78 is 6.97. The molecule has 0 spiro atoms. The van der Waals surface area contributed by atoms with Crippen molar-refractivity contribution in [3.63, 3.8) is 0 Å². The molecule has 7 nitrogen and oxygen atoms in total. The van der Waals surface area contributed by atoms with Gasteiger partial charge in [0.1, 0.15) is 11.4 Å². The normalized spacial score (nSPS) is 18.9. The number of ether oxygens (including phenoxy) is 1. The molecule has 2 heterocycles. The van der Waals surface area contributed by atoms with Crippen LogP contribution < -0.4 is 0 Å². The highest BCUT2D eigenvalue weighted by Gasteiger charge is 2.37. The molecular formula is C12H17N3O4. The number of amides is 1. The quantitative estimate of drug-likeness (QED) is 0.823. The van der Waals surface area contributed by atoms with Crippen molar-refractivity contribution in [3.8, 4) is 0 Å². The van der Waals surface area contributed by atoms with Crippen LogP contribution in [0.25, 0.3) is 0 Å². The van der Waals surface area contributed by atoms with Crippen LogP contribution in [0.1, 0.15) is 26.6 Å². The van der Waals surface area contributed by atoms with E-state index in [0.717, 1.165) is 0 Å². The maximum absolute atomic E-state index is 12.1. The van der Waals surface area contributed by atoms with Crippen LogP contribution in [0.3, 0.4) is 0 Å². The summed E-state index contributed by atoms with van der Waals surface area (Å²) in [5.41, 5.74) is -0.660. The molecule has 1 aliphatic rings. The highest BCUT2D eigenvalue weighted by molar-refractivity contribution is 5.80. The van der Waals surface area contributed by atoms with E-state index in [9.17, 15) is 14.7 Å². The van der Waals surface area contributed by atoms with Crippen LogP contribution in [0, 0.1) is 0 Å². The molecule has 0 aliphatic carbocycles. The number of nitrogens with zero attached hydrogens (tertiary/aromatic N) is 3. The lowest BCUT2D eigenvalue weighted by atomic mass is 10.2. The van der Waals surface area contributed by atoms with Crippen molar-refractivity contribution in [1.82, 2.24) is 14.5 Å². The van der Waals surface area contributed by atoms with Gasteiger partial charge in [-0.25, -0.2) is 14.6 Å². The largest absolute Gasteiger partial charge is 0.480 e. The zero-order valence-corrected chi connectivity index (χ0v) is 11.2. The molecular weight excluding hydrogens is 250 g/mol. The molecule has 0 radical (unpaired) electrons. The minimum Gasteiger partial charge on any atom is -0.480 e. The first-order valence-corrected chi connectivity index (χ1v) is 6.00. The third kappa shape index (κ3) is 2.86. The Kier molecular flexibility index (Phi) is 3.21. The van der Waals surface area contributed by atoms with E-state index in [-0.39, 0.29) is 13.1 Å².